The monoisotopic (exact) mass is 835 g/mol. The van der Waals surface area contributed by atoms with Gasteiger partial charge in [0.25, 0.3) is 0 Å². The van der Waals surface area contributed by atoms with E-state index in [4.69, 9.17) is 4.74 Å². The fourth-order valence-corrected chi connectivity index (χ4v) is 9.01. The lowest BCUT2D eigenvalue weighted by Crippen LogP contribution is -2.23. The average Bonchev–Trinajstić information content (AvgIpc) is 4.11. The third kappa shape index (κ3) is 13.0. The number of rotatable bonds is 30. The van der Waals surface area contributed by atoms with Crippen LogP contribution in [0.3, 0.4) is 0 Å². The maximum Gasteiger partial charge on any atom is 0.313 e. The number of aliphatic carboxylic acids is 4. The van der Waals surface area contributed by atoms with Crippen LogP contribution in [-0.2, 0) is 44.9 Å². The molecule has 0 spiro atoms. The first kappa shape index (κ1) is 48.6. The maximum absolute atomic E-state index is 12.8. The quantitative estimate of drug-likeness (QED) is 0.0476. The van der Waals surface area contributed by atoms with Gasteiger partial charge >= 0.3 is 23.9 Å². The minimum absolute atomic E-state index is 0.181. The Balaban J connectivity index is 1.35. The van der Waals surface area contributed by atoms with E-state index < -0.39 is 51.6 Å². The van der Waals surface area contributed by atoms with Gasteiger partial charge in [-0.05, 0) is 166 Å². The molecule has 5 N–H and O–H groups in total. The van der Waals surface area contributed by atoms with Gasteiger partial charge in [0.05, 0.1) is 16.2 Å². The predicted octanol–water partition coefficient (Wildman–Crippen LogP) is 11.4. The van der Waals surface area contributed by atoms with Crippen LogP contribution in [0.15, 0.2) is 24.3 Å². The smallest absolute Gasteiger partial charge is 0.313 e. The lowest BCUT2D eigenvalue weighted by molar-refractivity contribution is -0.148. The lowest BCUT2D eigenvalue weighted by atomic mass is 9.86. The van der Waals surface area contributed by atoms with Crippen LogP contribution >= 0.6 is 0 Å². The fourth-order valence-electron chi connectivity index (χ4n) is 9.01. The highest BCUT2D eigenvalue weighted by molar-refractivity contribution is 5.79. The molecule has 334 valence electrons. The van der Waals surface area contributed by atoms with Crippen LogP contribution in [0.2, 0.25) is 0 Å². The van der Waals surface area contributed by atoms with Crippen LogP contribution in [0.5, 0.6) is 11.5 Å². The molecule has 10 nitrogen and oxygen atoms in total. The Kier molecular flexibility index (Phi) is 17.1. The van der Waals surface area contributed by atoms with Crippen molar-refractivity contribution in [3.8, 4) is 11.5 Å². The van der Waals surface area contributed by atoms with Gasteiger partial charge in [-0.1, -0.05) is 63.5 Å². The summed E-state index contributed by atoms with van der Waals surface area (Å²) in [6.45, 7) is 11.4. The largest absolute Gasteiger partial charge is 0.508 e. The van der Waals surface area contributed by atoms with Gasteiger partial charge in [0, 0.05) is 17.5 Å². The van der Waals surface area contributed by atoms with E-state index in [1.165, 1.54) is 22.3 Å². The Morgan fingerprint density at radius 2 is 1.03 bits per heavy atom. The maximum atomic E-state index is 12.8. The molecule has 0 heterocycles. The molecule has 0 aliphatic heterocycles. The lowest BCUT2D eigenvalue weighted by Gasteiger charge is -2.20. The molecule has 2 saturated carbocycles. The standard InChI is InChI=1S/C50H74O10/c1-34-23-24-35(2)37(36(34)19-11-7-15-27-47(3,4)43(52)53)20-12-10-18-30-50(46(58)59)33-42(50)60-41-26-25-40(51)38(21-13-9-17-29-49(31-32-49)45(56)57)39(41)22-14-8-16-28-48(5,6)44(54)55/h23-26,42,51H,7-22,27-33H2,1-6H3,(H,52,53)(H,54,55)(H,56,57)(H,58,59). The van der Waals surface area contributed by atoms with Crippen molar-refractivity contribution >= 4 is 23.9 Å². The number of ether oxygens (including phenoxy) is 1. The molecule has 2 aromatic carbocycles. The summed E-state index contributed by atoms with van der Waals surface area (Å²) >= 11 is 0. The minimum Gasteiger partial charge on any atom is -0.508 e. The Labute approximate surface area is 358 Å². The first-order valence-corrected chi connectivity index (χ1v) is 22.8. The van der Waals surface area contributed by atoms with Gasteiger partial charge in [0.2, 0.25) is 0 Å². The molecule has 2 atom stereocenters. The zero-order valence-electron chi connectivity index (χ0n) is 37.4. The van der Waals surface area contributed by atoms with E-state index in [0.717, 1.165) is 114 Å². The van der Waals surface area contributed by atoms with Gasteiger partial charge in [0.1, 0.15) is 23.0 Å². The molecule has 0 saturated heterocycles. The number of carbonyl (C=O) groups is 4. The van der Waals surface area contributed by atoms with E-state index in [9.17, 15) is 44.7 Å². The van der Waals surface area contributed by atoms with Crippen molar-refractivity contribution in [2.45, 2.75) is 195 Å². The SMILES string of the molecule is Cc1ccc(C)c(CCCCCC2(C(=O)O)CC2Oc2ccc(O)c(CCCCCC3(C(=O)O)CC3)c2CCCCCC(C)(C)C(=O)O)c1CCCCCC(C)(C)C(=O)O. The Bertz CT molecular complexity index is 1800. The molecule has 2 aliphatic carbocycles. The summed E-state index contributed by atoms with van der Waals surface area (Å²) in [5.41, 5.74) is 4.01. The average molecular weight is 835 g/mol. The zero-order chi connectivity index (χ0) is 44.3. The van der Waals surface area contributed by atoms with Crippen LogP contribution in [-0.4, -0.2) is 55.5 Å². The van der Waals surface area contributed by atoms with Gasteiger partial charge < -0.3 is 30.3 Å². The second kappa shape index (κ2) is 21.1. The molecular formula is C50H74O10. The highest BCUT2D eigenvalue weighted by atomic mass is 16.5. The predicted molar refractivity (Wildman–Crippen MR) is 234 cm³/mol. The number of carboxylic acids is 4. The third-order valence-corrected chi connectivity index (χ3v) is 14.0. The van der Waals surface area contributed by atoms with E-state index in [2.05, 4.69) is 26.0 Å². The second-order valence-corrected chi connectivity index (χ2v) is 19.7. The Morgan fingerprint density at radius 1 is 0.583 bits per heavy atom. The molecule has 0 bridgehead atoms. The van der Waals surface area contributed by atoms with Crippen molar-refractivity contribution in [3.05, 3.63) is 57.6 Å². The van der Waals surface area contributed by atoms with E-state index in [1.807, 2.05) is 0 Å². The summed E-state index contributed by atoms with van der Waals surface area (Å²) in [5, 5.41) is 50.1. The number of benzene rings is 2. The topological polar surface area (TPSA) is 179 Å². The molecule has 4 rings (SSSR count). The van der Waals surface area contributed by atoms with Crippen molar-refractivity contribution < 1.29 is 49.4 Å². The molecule has 60 heavy (non-hydrogen) atoms. The molecule has 2 aromatic rings. The number of hydrogen-bond acceptors (Lipinski definition) is 6. The number of aromatic hydroxyl groups is 1. The van der Waals surface area contributed by atoms with Crippen molar-refractivity contribution in [1.82, 2.24) is 0 Å². The summed E-state index contributed by atoms with van der Waals surface area (Å²) in [6, 6.07) is 7.77. The molecule has 2 aliphatic rings. The molecule has 2 unspecified atom stereocenters. The fraction of sp³-hybridized carbons (Fsp3) is 0.680. The van der Waals surface area contributed by atoms with Gasteiger partial charge in [0.15, 0.2) is 0 Å². The zero-order valence-corrected chi connectivity index (χ0v) is 37.4. The highest BCUT2D eigenvalue weighted by Crippen LogP contribution is 2.54. The molecule has 0 amide bonds. The van der Waals surface area contributed by atoms with Gasteiger partial charge in [-0.15, -0.1) is 0 Å². The van der Waals surface area contributed by atoms with Crippen molar-refractivity contribution in [2.75, 3.05) is 0 Å². The van der Waals surface area contributed by atoms with E-state index in [1.54, 1.807) is 39.8 Å². The van der Waals surface area contributed by atoms with Crippen molar-refractivity contribution in [1.29, 1.82) is 0 Å². The van der Waals surface area contributed by atoms with Crippen molar-refractivity contribution in [3.63, 3.8) is 0 Å². The summed E-state index contributed by atoms with van der Waals surface area (Å²) in [6.07, 6.45) is 17.2. The molecule has 0 aromatic heterocycles. The molecule has 2 fully saturated rings. The van der Waals surface area contributed by atoms with E-state index in [-0.39, 0.29) is 5.75 Å². The molecule has 0 radical (unpaired) electrons. The summed E-state index contributed by atoms with van der Waals surface area (Å²) in [4.78, 5) is 47.6. The first-order chi connectivity index (χ1) is 28.3. The number of hydrogen-bond donors (Lipinski definition) is 5. The minimum atomic E-state index is -0.958. The number of phenols is 1. The summed E-state index contributed by atoms with van der Waals surface area (Å²) < 4.78 is 6.57. The third-order valence-electron chi connectivity index (χ3n) is 14.0. The van der Waals surface area contributed by atoms with Crippen LogP contribution in [0, 0.1) is 35.5 Å². The summed E-state index contributed by atoms with van der Waals surface area (Å²) in [7, 11) is 0. The Morgan fingerprint density at radius 3 is 1.48 bits per heavy atom. The summed E-state index contributed by atoms with van der Waals surface area (Å²) in [5.74, 6) is -2.32. The number of phenolic OH excluding ortho intramolecular Hbond substituents is 1. The van der Waals surface area contributed by atoms with Crippen LogP contribution < -0.4 is 4.74 Å². The van der Waals surface area contributed by atoms with E-state index >= 15 is 0 Å². The normalized spacial score (nSPS) is 18.3. The molecule has 10 heteroatoms. The van der Waals surface area contributed by atoms with Crippen molar-refractivity contribution in [2.24, 2.45) is 21.7 Å². The van der Waals surface area contributed by atoms with Crippen LogP contribution in [0.25, 0.3) is 0 Å². The second-order valence-electron chi connectivity index (χ2n) is 19.7. The van der Waals surface area contributed by atoms with Gasteiger partial charge in [-0.3, -0.25) is 19.2 Å². The molecular weight excluding hydrogens is 761 g/mol. The number of aryl methyl sites for hydroxylation is 2. The van der Waals surface area contributed by atoms with Crippen LogP contribution in [0.4, 0.5) is 0 Å². The number of unbranched alkanes of at least 4 members (excludes halogenated alkanes) is 8. The van der Waals surface area contributed by atoms with E-state index in [0.29, 0.717) is 50.7 Å². The highest BCUT2D eigenvalue weighted by Gasteiger charge is 2.62. The van der Waals surface area contributed by atoms with Gasteiger partial charge in [-0.2, -0.15) is 0 Å². The Hall–Kier alpha value is -4.08. The number of carboxylic acid groups (broad SMARTS) is 4. The van der Waals surface area contributed by atoms with Crippen LogP contribution in [0.1, 0.15) is 183 Å². The first-order valence-electron chi connectivity index (χ1n) is 22.8. The van der Waals surface area contributed by atoms with Gasteiger partial charge in [-0.25, -0.2) is 0 Å².